The van der Waals surface area contributed by atoms with Gasteiger partial charge in [-0.05, 0) is 60.2 Å². The molecule has 3 aromatic rings. The quantitative estimate of drug-likeness (QED) is 0.479. The third-order valence-corrected chi connectivity index (χ3v) is 6.63. The maximum Gasteiger partial charge on any atom is 0.324 e. The van der Waals surface area contributed by atoms with Crippen LogP contribution >= 0.6 is 0 Å². The Balaban J connectivity index is 1.27. The number of pyridine rings is 1. The van der Waals surface area contributed by atoms with Crippen LogP contribution < -0.4 is 5.32 Å². The zero-order chi connectivity index (χ0) is 25.3. The molecule has 0 bridgehead atoms. The Morgan fingerprint density at radius 1 is 1.19 bits per heavy atom. The van der Waals surface area contributed by atoms with Crippen LogP contribution in [0.1, 0.15) is 48.9 Å². The molecule has 9 heteroatoms. The summed E-state index contributed by atoms with van der Waals surface area (Å²) in [6, 6.07) is 7.77. The van der Waals surface area contributed by atoms with Crippen molar-refractivity contribution in [1.82, 2.24) is 19.7 Å². The number of aromatic nitrogens is 3. The van der Waals surface area contributed by atoms with Gasteiger partial charge in [0, 0.05) is 61.0 Å². The number of hydrogen-bond acceptors (Lipinski definition) is 4. The van der Waals surface area contributed by atoms with E-state index in [-0.39, 0.29) is 19.0 Å². The fourth-order valence-corrected chi connectivity index (χ4v) is 4.36. The molecule has 1 saturated carbocycles. The Kier molecular flexibility index (Phi) is 6.38. The minimum atomic E-state index is -3.37. The lowest BCUT2D eigenvalue weighted by Gasteiger charge is -2.31. The highest BCUT2D eigenvalue weighted by Crippen LogP contribution is 2.35. The Hall–Kier alpha value is -3.88. The highest BCUT2D eigenvalue weighted by Gasteiger charge is 2.40. The summed E-state index contributed by atoms with van der Waals surface area (Å²) in [6.45, 7) is 1.65. The third-order valence-electron chi connectivity index (χ3n) is 6.63. The minimum Gasteiger partial charge on any atom is -0.333 e. The molecule has 0 saturated heterocycles. The number of nitrogens with zero attached hydrogens (tertiary/aromatic N) is 4. The van der Waals surface area contributed by atoms with E-state index in [1.807, 2.05) is 29.2 Å². The van der Waals surface area contributed by atoms with Gasteiger partial charge in [0.15, 0.2) is 0 Å². The second-order valence-electron chi connectivity index (χ2n) is 9.24. The van der Waals surface area contributed by atoms with Crippen LogP contribution in [0.25, 0.3) is 17.2 Å². The normalized spacial score (nSPS) is 15.7. The van der Waals surface area contributed by atoms with E-state index >= 15 is 0 Å². The van der Waals surface area contributed by atoms with Gasteiger partial charge in [-0.25, -0.2) is 0 Å². The Morgan fingerprint density at radius 3 is 2.81 bits per heavy atom. The molecule has 186 valence electrons. The second-order valence-corrected chi connectivity index (χ2v) is 9.24. The fourth-order valence-electron chi connectivity index (χ4n) is 4.36. The number of nitrogens with one attached hydrogen (secondary N) is 1. The average Bonchev–Trinajstić information content (AvgIpc) is 3.63. The summed E-state index contributed by atoms with van der Waals surface area (Å²) in [4.78, 5) is 30.2. The predicted molar refractivity (Wildman–Crippen MR) is 132 cm³/mol. The van der Waals surface area contributed by atoms with E-state index in [9.17, 15) is 18.4 Å². The Bertz CT molecular complexity index is 1330. The standard InChI is InChI=1S/C27H27F2N5O2/c1-2-27(28,29)26(36)33-12-10-18-3-5-22(13-20(18)16-33)32-25(35)8-4-19-14-30-11-9-24(19)21-15-31-34(17-21)23-6-7-23/h3-5,8-9,11,13-15,17,23H,2,6-7,10,12,16H2,1H3,(H,32,35)/b8-4+. The van der Waals surface area contributed by atoms with Crippen molar-refractivity contribution < 1.29 is 18.4 Å². The fraction of sp³-hybridized carbons (Fsp3) is 0.333. The molecule has 2 aliphatic rings. The van der Waals surface area contributed by atoms with Gasteiger partial charge in [-0.2, -0.15) is 13.9 Å². The topological polar surface area (TPSA) is 80.1 Å². The lowest BCUT2D eigenvalue weighted by atomic mass is 9.98. The van der Waals surface area contributed by atoms with E-state index in [0.717, 1.165) is 40.7 Å². The van der Waals surface area contributed by atoms with Gasteiger partial charge >= 0.3 is 5.92 Å². The van der Waals surface area contributed by atoms with Crippen molar-refractivity contribution in [3.8, 4) is 11.1 Å². The summed E-state index contributed by atoms with van der Waals surface area (Å²) in [5.74, 6) is -4.85. The van der Waals surface area contributed by atoms with E-state index in [1.54, 1.807) is 30.6 Å². The number of alkyl halides is 2. The molecular weight excluding hydrogens is 464 g/mol. The number of anilines is 1. The first-order valence-electron chi connectivity index (χ1n) is 12.1. The third kappa shape index (κ3) is 5.05. The van der Waals surface area contributed by atoms with Crippen molar-refractivity contribution >= 4 is 23.6 Å². The number of amides is 2. The summed E-state index contributed by atoms with van der Waals surface area (Å²) in [6.07, 6.45) is 12.6. The maximum absolute atomic E-state index is 13.9. The van der Waals surface area contributed by atoms with Crippen LogP contribution in [0.4, 0.5) is 14.5 Å². The number of carbonyl (C=O) groups is 2. The number of hydrogen-bond donors (Lipinski definition) is 1. The molecule has 0 spiro atoms. The van der Waals surface area contributed by atoms with Gasteiger partial charge in [0.25, 0.3) is 5.91 Å². The van der Waals surface area contributed by atoms with Crippen molar-refractivity contribution in [2.45, 2.75) is 51.1 Å². The molecule has 36 heavy (non-hydrogen) atoms. The molecule has 0 radical (unpaired) electrons. The van der Waals surface area contributed by atoms with Crippen LogP contribution in [0.5, 0.6) is 0 Å². The molecule has 7 nitrogen and oxygen atoms in total. The van der Waals surface area contributed by atoms with Gasteiger partial charge in [-0.1, -0.05) is 13.0 Å². The van der Waals surface area contributed by atoms with Crippen LogP contribution in [0, 0.1) is 0 Å². The maximum atomic E-state index is 13.9. The minimum absolute atomic E-state index is 0.0941. The van der Waals surface area contributed by atoms with E-state index in [4.69, 9.17) is 0 Å². The summed E-state index contributed by atoms with van der Waals surface area (Å²) >= 11 is 0. The molecule has 1 aromatic carbocycles. The van der Waals surface area contributed by atoms with Gasteiger partial charge in [-0.15, -0.1) is 0 Å². The summed E-state index contributed by atoms with van der Waals surface area (Å²) in [5, 5.41) is 7.26. The summed E-state index contributed by atoms with van der Waals surface area (Å²) in [5.41, 5.74) is 4.97. The monoisotopic (exact) mass is 491 g/mol. The molecule has 3 heterocycles. The van der Waals surface area contributed by atoms with Crippen molar-refractivity contribution in [1.29, 1.82) is 0 Å². The SMILES string of the molecule is CCC(F)(F)C(=O)N1CCc2ccc(NC(=O)/C=C/c3cnccc3-c3cnn(C4CC4)c3)cc2C1. The van der Waals surface area contributed by atoms with E-state index < -0.39 is 18.3 Å². The van der Waals surface area contributed by atoms with Gasteiger partial charge in [0.1, 0.15) is 0 Å². The van der Waals surface area contributed by atoms with E-state index in [2.05, 4.69) is 15.4 Å². The molecule has 0 atom stereocenters. The van der Waals surface area contributed by atoms with Gasteiger partial charge < -0.3 is 10.2 Å². The molecule has 1 fully saturated rings. The van der Waals surface area contributed by atoms with Gasteiger partial charge in [0.2, 0.25) is 5.91 Å². The number of rotatable bonds is 7. The zero-order valence-electron chi connectivity index (χ0n) is 20.0. The number of halogens is 2. The highest BCUT2D eigenvalue weighted by molar-refractivity contribution is 6.02. The van der Waals surface area contributed by atoms with Crippen LogP contribution in [0.15, 0.2) is 55.1 Å². The Labute approximate surface area is 207 Å². The lowest BCUT2D eigenvalue weighted by Crippen LogP contribution is -2.45. The van der Waals surface area contributed by atoms with Crippen LogP contribution in [-0.2, 0) is 22.6 Å². The van der Waals surface area contributed by atoms with Crippen LogP contribution in [0.3, 0.4) is 0 Å². The van der Waals surface area contributed by atoms with E-state index in [1.165, 1.54) is 17.9 Å². The van der Waals surface area contributed by atoms with Crippen LogP contribution in [-0.4, -0.2) is 43.9 Å². The average molecular weight is 492 g/mol. The number of carbonyl (C=O) groups excluding carboxylic acids is 2. The second kappa shape index (κ2) is 9.64. The first-order valence-corrected chi connectivity index (χ1v) is 12.1. The zero-order valence-corrected chi connectivity index (χ0v) is 20.0. The first kappa shape index (κ1) is 23.8. The van der Waals surface area contributed by atoms with Crippen molar-refractivity contribution in [3.05, 3.63) is 71.8 Å². The van der Waals surface area contributed by atoms with E-state index in [0.29, 0.717) is 18.2 Å². The van der Waals surface area contributed by atoms with Gasteiger partial charge in [0.05, 0.1) is 12.2 Å². The highest BCUT2D eigenvalue weighted by atomic mass is 19.3. The van der Waals surface area contributed by atoms with Crippen molar-refractivity contribution in [2.75, 3.05) is 11.9 Å². The summed E-state index contributed by atoms with van der Waals surface area (Å²) < 4.78 is 29.8. The molecule has 0 unspecified atom stereocenters. The molecular formula is C27H27F2N5O2. The van der Waals surface area contributed by atoms with Crippen molar-refractivity contribution in [2.24, 2.45) is 0 Å². The largest absolute Gasteiger partial charge is 0.333 e. The lowest BCUT2D eigenvalue weighted by molar-refractivity contribution is -0.158. The number of benzene rings is 1. The molecule has 2 aromatic heterocycles. The predicted octanol–water partition coefficient (Wildman–Crippen LogP) is 4.86. The van der Waals surface area contributed by atoms with Gasteiger partial charge in [-0.3, -0.25) is 19.3 Å². The first-order chi connectivity index (χ1) is 17.3. The number of fused-ring (bicyclic) bond motifs is 1. The smallest absolute Gasteiger partial charge is 0.324 e. The van der Waals surface area contributed by atoms with Crippen molar-refractivity contribution in [3.63, 3.8) is 0 Å². The molecule has 1 aliphatic heterocycles. The molecule has 1 N–H and O–H groups in total. The molecule has 2 amide bonds. The molecule has 5 rings (SSSR count). The molecule has 1 aliphatic carbocycles. The van der Waals surface area contributed by atoms with Crippen LogP contribution in [0.2, 0.25) is 0 Å². The summed E-state index contributed by atoms with van der Waals surface area (Å²) in [7, 11) is 0. The Morgan fingerprint density at radius 2 is 2.03 bits per heavy atom.